The first-order valence-corrected chi connectivity index (χ1v) is 7.29. The van der Waals surface area contributed by atoms with Crippen molar-refractivity contribution in [3.63, 3.8) is 0 Å². The van der Waals surface area contributed by atoms with Crippen LogP contribution in [0.15, 0.2) is 35.4 Å². The molecule has 0 fully saturated rings. The number of nitrogen functional groups attached to an aromatic ring is 1. The number of nitrogens with two attached hydrogens (primary N) is 1. The molecule has 5 nitrogen and oxygen atoms in total. The zero-order valence-corrected chi connectivity index (χ0v) is 11.8. The SMILES string of the molecule is Cc1ccnc(NS(=O)(=O)c2cc(N)cc(C)c2F)c1. The van der Waals surface area contributed by atoms with Gasteiger partial charge in [0.1, 0.15) is 16.5 Å². The van der Waals surface area contributed by atoms with Crippen molar-refractivity contribution in [1.82, 2.24) is 4.98 Å². The molecule has 0 bridgehead atoms. The lowest BCUT2D eigenvalue weighted by molar-refractivity contribution is 0.565. The number of rotatable bonds is 3. The molecule has 20 heavy (non-hydrogen) atoms. The van der Waals surface area contributed by atoms with Crippen molar-refractivity contribution < 1.29 is 12.8 Å². The Hall–Kier alpha value is -2.15. The van der Waals surface area contributed by atoms with Gasteiger partial charge in [-0.05, 0) is 49.2 Å². The summed E-state index contributed by atoms with van der Waals surface area (Å²) in [5, 5.41) is 0. The number of anilines is 2. The van der Waals surface area contributed by atoms with E-state index in [1.807, 2.05) is 0 Å². The van der Waals surface area contributed by atoms with Gasteiger partial charge in [0.05, 0.1) is 0 Å². The molecule has 106 valence electrons. The number of benzene rings is 1. The van der Waals surface area contributed by atoms with Crippen LogP contribution in [0.1, 0.15) is 11.1 Å². The molecule has 7 heteroatoms. The van der Waals surface area contributed by atoms with E-state index in [9.17, 15) is 12.8 Å². The first kappa shape index (κ1) is 14.3. The molecule has 0 unspecified atom stereocenters. The summed E-state index contributed by atoms with van der Waals surface area (Å²) in [6.45, 7) is 3.25. The molecular weight excluding hydrogens is 281 g/mol. The maximum Gasteiger partial charge on any atom is 0.266 e. The largest absolute Gasteiger partial charge is 0.399 e. The van der Waals surface area contributed by atoms with Crippen molar-refractivity contribution in [2.24, 2.45) is 0 Å². The lowest BCUT2D eigenvalue weighted by Crippen LogP contribution is -2.16. The molecule has 1 aromatic carbocycles. The number of hydrogen-bond acceptors (Lipinski definition) is 4. The fraction of sp³-hybridized carbons (Fsp3) is 0.154. The topological polar surface area (TPSA) is 85.1 Å². The van der Waals surface area contributed by atoms with E-state index in [4.69, 9.17) is 5.73 Å². The maximum atomic E-state index is 14.0. The fourth-order valence-electron chi connectivity index (χ4n) is 1.74. The summed E-state index contributed by atoms with van der Waals surface area (Å²) in [6, 6.07) is 5.73. The minimum atomic E-state index is -4.07. The van der Waals surface area contributed by atoms with Crippen molar-refractivity contribution in [2.45, 2.75) is 18.7 Å². The molecule has 0 aliphatic heterocycles. The lowest BCUT2D eigenvalue weighted by Gasteiger charge is -2.10. The lowest BCUT2D eigenvalue weighted by atomic mass is 10.2. The third kappa shape index (κ3) is 2.88. The van der Waals surface area contributed by atoms with Crippen molar-refractivity contribution in [1.29, 1.82) is 0 Å². The van der Waals surface area contributed by atoms with Gasteiger partial charge in [-0.25, -0.2) is 17.8 Å². The van der Waals surface area contributed by atoms with Crippen molar-refractivity contribution in [3.8, 4) is 0 Å². The van der Waals surface area contributed by atoms with Gasteiger partial charge in [0.2, 0.25) is 0 Å². The van der Waals surface area contributed by atoms with Crippen LogP contribution in [0.5, 0.6) is 0 Å². The number of aryl methyl sites for hydroxylation is 2. The van der Waals surface area contributed by atoms with Crippen molar-refractivity contribution >= 4 is 21.5 Å². The number of hydrogen-bond donors (Lipinski definition) is 2. The summed E-state index contributed by atoms with van der Waals surface area (Å²) in [5.41, 5.74) is 6.75. The monoisotopic (exact) mass is 295 g/mol. The van der Waals surface area contributed by atoms with Crippen LogP contribution in [0.4, 0.5) is 15.9 Å². The van der Waals surface area contributed by atoms with Gasteiger partial charge in [0.25, 0.3) is 10.0 Å². The zero-order chi connectivity index (χ0) is 14.9. The van der Waals surface area contributed by atoms with Crippen LogP contribution in [0.25, 0.3) is 0 Å². The van der Waals surface area contributed by atoms with E-state index in [-0.39, 0.29) is 17.1 Å². The summed E-state index contributed by atoms with van der Waals surface area (Å²) < 4.78 is 40.6. The second-order valence-electron chi connectivity index (χ2n) is 4.47. The Morgan fingerprint density at radius 3 is 2.60 bits per heavy atom. The second-order valence-corrected chi connectivity index (χ2v) is 6.12. The van der Waals surface area contributed by atoms with E-state index in [0.717, 1.165) is 11.6 Å². The first-order valence-electron chi connectivity index (χ1n) is 5.81. The van der Waals surface area contributed by atoms with Gasteiger partial charge in [0, 0.05) is 11.9 Å². The number of sulfonamides is 1. The molecule has 2 rings (SSSR count). The predicted molar refractivity (Wildman–Crippen MR) is 75.3 cm³/mol. The molecule has 0 aliphatic rings. The highest BCUT2D eigenvalue weighted by atomic mass is 32.2. The highest BCUT2D eigenvalue weighted by molar-refractivity contribution is 7.92. The zero-order valence-electron chi connectivity index (χ0n) is 11.0. The van der Waals surface area contributed by atoms with Crippen LogP contribution in [0.2, 0.25) is 0 Å². The summed E-state index contributed by atoms with van der Waals surface area (Å²) in [4.78, 5) is 3.39. The van der Waals surface area contributed by atoms with Gasteiger partial charge in [-0.1, -0.05) is 0 Å². The summed E-state index contributed by atoms with van der Waals surface area (Å²) in [7, 11) is -4.07. The van der Waals surface area contributed by atoms with E-state index in [0.29, 0.717) is 0 Å². The van der Waals surface area contributed by atoms with Gasteiger partial charge < -0.3 is 5.73 Å². The fourth-order valence-corrected chi connectivity index (χ4v) is 2.93. The first-order chi connectivity index (χ1) is 9.29. The molecule has 0 radical (unpaired) electrons. The van der Waals surface area contributed by atoms with Crippen LogP contribution in [-0.2, 0) is 10.0 Å². The molecular formula is C13H14FN3O2S. The van der Waals surface area contributed by atoms with Gasteiger partial charge in [-0.2, -0.15) is 0 Å². The molecule has 1 aromatic heterocycles. The highest BCUT2D eigenvalue weighted by Gasteiger charge is 2.21. The van der Waals surface area contributed by atoms with Gasteiger partial charge in [-0.3, -0.25) is 4.72 Å². The van der Waals surface area contributed by atoms with Crippen LogP contribution in [0, 0.1) is 19.7 Å². The normalized spacial score (nSPS) is 11.3. The van der Waals surface area contributed by atoms with Crippen molar-refractivity contribution in [3.05, 3.63) is 47.4 Å². The van der Waals surface area contributed by atoms with Crippen LogP contribution >= 0.6 is 0 Å². The summed E-state index contributed by atoms with van der Waals surface area (Å²) in [5.74, 6) is -0.691. The Morgan fingerprint density at radius 2 is 1.95 bits per heavy atom. The molecule has 0 saturated heterocycles. The molecule has 1 heterocycles. The Morgan fingerprint density at radius 1 is 1.25 bits per heavy atom. The number of nitrogens with one attached hydrogen (secondary N) is 1. The molecule has 2 aromatic rings. The summed E-state index contributed by atoms with van der Waals surface area (Å²) in [6.07, 6.45) is 1.47. The van der Waals surface area contributed by atoms with Crippen molar-refractivity contribution in [2.75, 3.05) is 10.5 Å². The standard InChI is InChI=1S/C13H14FN3O2S/c1-8-3-4-16-12(5-8)17-20(18,19)11-7-10(15)6-9(2)13(11)14/h3-7H,15H2,1-2H3,(H,16,17). The highest BCUT2D eigenvalue weighted by Crippen LogP contribution is 2.23. The quantitative estimate of drug-likeness (QED) is 0.850. The Balaban J connectivity index is 2.46. The molecule has 0 saturated carbocycles. The number of aromatic nitrogens is 1. The van der Waals surface area contributed by atoms with E-state index < -0.39 is 20.7 Å². The maximum absolute atomic E-state index is 14.0. The minimum absolute atomic E-state index is 0.129. The van der Waals surface area contributed by atoms with Gasteiger partial charge >= 0.3 is 0 Å². The van der Waals surface area contributed by atoms with Crippen LogP contribution in [0.3, 0.4) is 0 Å². The Bertz CT molecular complexity index is 760. The Labute approximate surface area is 116 Å². The summed E-state index contributed by atoms with van der Waals surface area (Å²) >= 11 is 0. The second kappa shape index (κ2) is 5.09. The molecule has 0 atom stereocenters. The third-order valence-corrected chi connectivity index (χ3v) is 4.04. The van der Waals surface area contributed by atoms with Gasteiger partial charge in [-0.15, -0.1) is 0 Å². The smallest absolute Gasteiger partial charge is 0.266 e. The van der Waals surface area contributed by atoms with Crippen LogP contribution < -0.4 is 10.5 Å². The minimum Gasteiger partial charge on any atom is -0.399 e. The molecule has 3 N–H and O–H groups in total. The van der Waals surface area contributed by atoms with E-state index in [2.05, 4.69) is 9.71 Å². The molecule has 0 amide bonds. The average Bonchev–Trinajstić information content (AvgIpc) is 2.33. The molecule has 0 spiro atoms. The number of halogens is 1. The van der Waals surface area contributed by atoms with E-state index in [1.54, 1.807) is 19.1 Å². The van der Waals surface area contributed by atoms with E-state index >= 15 is 0 Å². The molecule has 0 aliphatic carbocycles. The number of pyridine rings is 1. The number of nitrogens with zero attached hydrogens (tertiary/aromatic N) is 1. The van der Waals surface area contributed by atoms with Crippen LogP contribution in [-0.4, -0.2) is 13.4 Å². The third-order valence-electron chi connectivity index (χ3n) is 2.69. The van der Waals surface area contributed by atoms with Gasteiger partial charge in [0.15, 0.2) is 0 Å². The average molecular weight is 295 g/mol. The predicted octanol–water partition coefficient (Wildman–Crippen LogP) is 2.22. The van der Waals surface area contributed by atoms with E-state index in [1.165, 1.54) is 19.2 Å². The Kier molecular flexibility index (Phi) is 3.63.